The lowest BCUT2D eigenvalue weighted by molar-refractivity contribution is -0.190. The molecule has 2 aliphatic heterocycles. The number of nitrogens with zero attached hydrogens (tertiary/aromatic N) is 1. The Morgan fingerprint density at radius 3 is 2.77 bits per heavy atom. The highest BCUT2D eigenvalue weighted by Crippen LogP contribution is 2.46. The number of carbonyl (C=O) groups is 4. The standard InChI is InChI=1S/C12H14N2O7S/c1-6(16)21-3-7-4-22-11-12(20-2,13-5-15)10(19)14(11)8(7)9(17)18/h5,11H,3-4H2,1-2H3,(H,13,15)(H,17,18)/t11-,12?/m0/s1. The summed E-state index contributed by atoms with van der Waals surface area (Å²) >= 11 is 1.22. The maximum Gasteiger partial charge on any atom is 0.352 e. The van der Waals surface area contributed by atoms with Gasteiger partial charge in [-0.1, -0.05) is 0 Å². The third-order valence-electron chi connectivity index (χ3n) is 3.36. The molecule has 0 aromatic rings. The minimum atomic E-state index is -1.57. The third kappa shape index (κ3) is 2.33. The van der Waals surface area contributed by atoms with Crippen LogP contribution in [0.1, 0.15) is 6.92 Å². The number of β-lactam (4-membered cyclic amide) rings is 1. The summed E-state index contributed by atoms with van der Waals surface area (Å²) in [7, 11) is 1.25. The van der Waals surface area contributed by atoms with Gasteiger partial charge in [0.05, 0.1) is 0 Å². The van der Waals surface area contributed by atoms with Crippen molar-refractivity contribution in [1.82, 2.24) is 10.2 Å². The average Bonchev–Trinajstić information content (AvgIpc) is 2.48. The molecule has 9 nitrogen and oxygen atoms in total. The molecule has 1 saturated heterocycles. The molecule has 2 rings (SSSR count). The SMILES string of the molecule is COC1(NC=O)C(=O)N2C(C(=O)O)=C(COC(C)=O)CS[C@H]21. The Hall–Kier alpha value is -2.07. The molecule has 0 saturated carbocycles. The van der Waals surface area contributed by atoms with Crippen molar-refractivity contribution in [1.29, 1.82) is 0 Å². The Morgan fingerprint density at radius 1 is 1.59 bits per heavy atom. The summed E-state index contributed by atoms with van der Waals surface area (Å²) < 4.78 is 9.92. The summed E-state index contributed by atoms with van der Waals surface area (Å²) in [6.45, 7) is 1.00. The minimum absolute atomic E-state index is 0.207. The van der Waals surface area contributed by atoms with Gasteiger partial charge in [-0.05, 0) is 0 Å². The second-order valence-corrected chi connectivity index (χ2v) is 5.65. The van der Waals surface area contributed by atoms with Crippen molar-refractivity contribution in [2.24, 2.45) is 0 Å². The number of carboxylic acids is 1. The topological polar surface area (TPSA) is 122 Å². The Kier molecular flexibility index (Phi) is 4.42. The number of amides is 2. The maximum absolute atomic E-state index is 12.3. The largest absolute Gasteiger partial charge is 0.477 e. The van der Waals surface area contributed by atoms with Crippen LogP contribution in [-0.2, 0) is 28.7 Å². The molecule has 2 amide bonds. The molecule has 2 N–H and O–H groups in total. The number of carboxylic acid groups (broad SMARTS) is 1. The molecule has 0 aliphatic carbocycles. The molecule has 120 valence electrons. The minimum Gasteiger partial charge on any atom is -0.477 e. The molecule has 2 atom stereocenters. The van der Waals surface area contributed by atoms with Crippen molar-refractivity contribution >= 4 is 36.0 Å². The zero-order chi connectivity index (χ0) is 16.5. The van der Waals surface area contributed by atoms with Crippen molar-refractivity contribution < 1.29 is 33.8 Å². The van der Waals surface area contributed by atoms with Crippen molar-refractivity contribution in [3.8, 4) is 0 Å². The van der Waals surface area contributed by atoms with Gasteiger partial charge in [-0.15, -0.1) is 11.8 Å². The van der Waals surface area contributed by atoms with Crippen LogP contribution in [0.3, 0.4) is 0 Å². The highest BCUT2D eigenvalue weighted by molar-refractivity contribution is 8.00. The maximum atomic E-state index is 12.3. The molecule has 2 aliphatic rings. The molecule has 2 heterocycles. The first kappa shape index (κ1) is 16.3. The van der Waals surface area contributed by atoms with Gasteiger partial charge < -0.3 is 19.9 Å². The molecule has 1 fully saturated rings. The van der Waals surface area contributed by atoms with E-state index in [1.807, 2.05) is 0 Å². The van der Waals surface area contributed by atoms with E-state index in [2.05, 4.69) is 5.32 Å². The van der Waals surface area contributed by atoms with E-state index in [0.29, 0.717) is 12.0 Å². The number of ether oxygens (including phenoxy) is 2. The predicted octanol–water partition coefficient (Wildman–Crippen LogP) is -1.11. The fraction of sp³-hybridized carbons (Fsp3) is 0.500. The monoisotopic (exact) mass is 330 g/mol. The number of methoxy groups -OCH3 is 1. The summed E-state index contributed by atoms with van der Waals surface area (Å²) in [4.78, 5) is 46.4. The van der Waals surface area contributed by atoms with E-state index in [1.54, 1.807) is 0 Å². The lowest BCUT2D eigenvalue weighted by Crippen LogP contribution is -2.79. The molecule has 0 aromatic carbocycles. The second-order valence-electron chi connectivity index (χ2n) is 4.58. The Bertz CT molecular complexity index is 576. The predicted molar refractivity (Wildman–Crippen MR) is 73.3 cm³/mol. The van der Waals surface area contributed by atoms with Crippen molar-refractivity contribution in [3.63, 3.8) is 0 Å². The first-order valence-electron chi connectivity index (χ1n) is 6.19. The molecule has 0 spiro atoms. The van der Waals surface area contributed by atoms with Gasteiger partial charge in [-0.25, -0.2) is 4.79 Å². The number of nitrogens with one attached hydrogen (secondary N) is 1. The molecular weight excluding hydrogens is 316 g/mol. The van der Waals surface area contributed by atoms with Crippen LogP contribution in [-0.4, -0.2) is 64.8 Å². The molecule has 0 radical (unpaired) electrons. The summed E-state index contributed by atoms with van der Waals surface area (Å²) in [5.41, 5.74) is -1.50. The van der Waals surface area contributed by atoms with Crippen LogP contribution >= 0.6 is 11.8 Å². The van der Waals surface area contributed by atoms with E-state index in [1.165, 1.54) is 25.8 Å². The van der Waals surface area contributed by atoms with Crippen molar-refractivity contribution in [2.75, 3.05) is 19.5 Å². The zero-order valence-electron chi connectivity index (χ0n) is 11.8. The molecule has 0 aromatic heterocycles. The van der Waals surface area contributed by atoms with Crippen LogP contribution in [0.2, 0.25) is 0 Å². The van der Waals surface area contributed by atoms with E-state index >= 15 is 0 Å². The van der Waals surface area contributed by atoms with Gasteiger partial charge >= 0.3 is 11.9 Å². The lowest BCUT2D eigenvalue weighted by Gasteiger charge is -2.55. The second kappa shape index (κ2) is 5.97. The van der Waals surface area contributed by atoms with Crippen molar-refractivity contribution in [2.45, 2.75) is 18.0 Å². The fourth-order valence-corrected chi connectivity index (χ4v) is 3.79. The number of thioether (sulfide) groups is 1. The van der Waals surface area contributed by atoms with Gasteiger partial charge in [0.15, 0.2) is 0 Å². The number of rotatable bonds is 6. The summed E-state index contributed by atoms with van der Waals surface area (Å²) in [6, 6.07) is 0. The smallest absolute Gasteiger partial charge is 0.352 e. The van der Waals surface area contributed by atoms with Gasteiger partial charge in [0, 0.05) is 25.4 Å². The van der Waals surface area contributed by atoms with Crippen LogP contribution in [0, 0.1) is 0 Å². The van der Waals surface area contributed by atoms with E-state index in [4.69, 9.17) is 9.47 Å². The quantitative estimate of drug-likeness (QED) is 0.272. The first-order chi connectivity index (χ1) is 10.4. The van der Waals surface area contributed by atoms with Gasteiger partial charge in [-0.2, -0.15) is 0 Å². The van der Waals surface area contributed by atoms with Crippen LogP contribution in [0.4, 0.5) is 0 Å². The van der Waals surface area contributed by atoms with Gasteiger partial charge in [0.1, 0.15) is 17.7 Å². The van der Waals surface area contributed by atoms with Crippen molar-refractivity contribution in [3.05, 3.63) is 11.3 Å². The third-order valence-corrected chi connectivity index (χ3v) is 4.73. The molecule has 1 unspecified atom stereocenters. The number of esters is 1. The molecule has 0 bridgehead atoms. The number of carbonyl (C=O) groups excluding carboxylic acids is 3. The Morgan fingerprint density at radius 2 is 2.27 bits per heavy atom. The number of hydrogen-bond acceptors (Lipinski definition) is 7. The molecular formula is C12H14N2O7S. The van der Waals surface area contributed by atoms with Gasteiger partial charge in [0.2, 0.25) is 6.41 Å². The van der Waals surface area contributed by atoms with E-state index in [9.17, 15) is 24.3 Å². The Labute approximate surface area is 129 Å². The van der Waals surface area contributed by atoms with E-state index < -0.39 is 28.9 Å². The normalized spacial score (nSPS) is 26.9. The van der Waals surface area contributed by atoms with E-state index in [0.717, 1.165) is 4.90 Å². The lowest BCUT2D eigenvalue weighted by atomic mass is 9.98. The van der Waals surface area contributed by atoms with Crippen LogP contribution < -0.4 is 5.32 Å². The molecule has 10 heteroatoms. The highest BCUT2D eigenvalue weighted by Gasteiger charge is 2.66. The average molecular weight is 330 g/mol. The van der Waals surface area contributed by atoms with Crippen LogP contribution in [0.25, 0.3) is 0 Å². The number of hydrogen-bond donors (Lipinski definition) is 2. The summed E-state index contributed by atoms with van der Waals surface area (Å²) in [5, 5.41) is 11.0. The zero-order valence-corrected chi connectivity index (χ0v) is 12.6. The summed E-state index contributed by atoms with van der Waals surface area (Å²) in [5.74, 6) is -2.31. The van der Waals surface area contributed by atoms with Crippen LogP contribution in [0.5, 0.6) is 0 Å². The first-order valence-corrected chi connectivity index (χ1v) is 7.24. The molecule has 22 heavy (non-hydrogen) atoms. The van der Waals surface area contributed by atoms with Gasteiger partial charge in [-0.3, -0.25) is 19.3 Å². The summed E-state index contributed by atoms with van der Waals surface area (Å²) in [6.07, 6.45) is 0.331. The van der Waals surface area contributed by atoms with E-state index in [-0.39, 0.29) is 18.1 Å². The fourth-order valence-electron chi connectivity index (χ4n) is 2.36. The number of aliphatic carboxylic acids is 1. The number of fused-ring (bicyclic) bond motifs is 1. The van der Waals surface area contributed by atoms with Gasteiger partial charge in [0.25, 0.3) is 11.6 Å². The van der Waals surface area contributed by atoms with Crippen LogP contribution in [0.15, 0.2) is 11.3 Å². The highest BCUT2D eigenvalue weighted by atomic mass is 32.2. The Balaban J connectivity index is 2.33.